The molecule has 0 aliphatic carbocycles. The fourth-order valence-corrected chi connectivity index (χ4v) is 4.31. The molecule has 6 heteroatoms. The van der Waals surface area contributed by atoms with E-state index < -0.39 is 12.1 Å². The molecule has 6 nitrogen and oxygen atoms in total. The van der Waals surface area contributed by atoms with Crippen LogP contribution < -0.4 is 0 Å². The van der Waals surface area contributed by atoms with Gasteiger partial charge in [-0.15, -0.1) is 0 Å². The van der Waals surface area contributed by atoms with Crippen molar-refractivity contribution in [2.45, 2.75) is 63.5 Å². The van der Waals surface area contributed by atoms with Crippen molar-refractivity contribution in [3.63, 3.8) is 0 Å². The number of aliphatic carboxylic acids is 1. The zero-order chi connectivity index (χ0) is 23.6. The molecule has 0 saturated carbocycles. The maximum absolute atomic E-state index is 12.3. The molecule has 176 valence electrons. The molecule has 0 radical (unpaired) electrons. The number of hydrogen-bond acceptors (Lipinski definition) is 4. The zero-order valence-electron chi connectivity index (χ0n) is 18.9. The Balaban J connectivity index is 1.51. The molecular weight excluding hydrogens is 418 g/mol. The number of carboxylic acids is 1. The molecule has 1 amide bonds. The number of phenolic OH excluding ortho intramolecular Hbond substituents is 1. The lowest BCUT2D eigenvalue weighted by molar-refractivity contribution is -0.137. The van der Waals surface area contributed by atoms with Crippen LogP contribution in [0.4, 0.5) is 0 Å². The summed E-state index contributed by atoms with van der Waals surface area (Å²) in [6.07, 6.45) is 8.25. The van der Waals surface area contributed by atoms with Gasteiger partial charge in [-0.1, -0.05) is 67.5 Å². The minimum atomic E-state index is -0.765. The summed E-state index contributed by atoms with van der Waals surface area (Å²) in [6.45, 7) is 0.666. The Morgan fingerprint density at radius 1 is 1.09 bits per heavy atom. The summed E-state index contributed by atoms with van der Waals surface area (Å²) in [5.41, 5.74) is 2.62. The summed E-state index contributed by atoms with van der Waals surface area (Å²) in [5, 5.41) is 29.4. The van der Waals surface area contributed by atoms with E-state index in [0.717, 1.165) is 42.4 Å². The van der Waals surface area contributed by atoms with E-state index in [1.165, 1.54) is 0 Å². The number of carbonyl (C=O) groups excluding carboxylic acids is 1. The van der Waals surface area contributed by atoms with Crippen molar-refractivity contribution < 1.29 is 24.9 Å². The maximum Gasteiger partial charge on any atom is 0.303 e. The molecule has 2 aromatic rings. The molecule has 0 spiro atoms. The van der Waals surface area contributed by atoms with Crippen LogP contribution in [0.5, 0.6) is 5.75 Å². The van der Waals surface area contributed by atoms with Crippen molar-refractivity contribution in [1.29, 1.82) is 0 Å². The largest absolute Gasteiger partial charge is 0.507 e. The van der Waals surface area contributed by atoms with Crippen molar-refractivity contribution >= 4 is 11.9 Å². The van der Waals surface area contributed by atoms with Crippen LogP contribution >= 0.6 is 0 Å². The van der Waals surface area contributed by atoms with Crippen LogP contribution in [0.25, 0.3) is 11.1 Å². The second-order valence-corrected chi connectivity index (χ2v) is 8.63. The Morgan fingerprint density at radius 2 is 1.88 bits per heavy atom. The second kappa shape index (κ2) is 12.2. The molecule has 1 aliphatic rings. The summed E-state index contributed by atoms with van der Waals surface area (Å²) in [7, 11) is 0. The molecule has 3 rings (SSSR count). The first kappa shape index (κ1) is 24.5. The van der Waals surface area contributed by atoms with E-state index >= 15 is 0 Å². The van der Waals surface area contributed by atoms with Gasteiger partial charge in [0.1, 0.15) is 5.75 Å². The third kappa shape index (κ3) is 7.46. The van der Waals surface area contributed by atoms with Gasteiger partial charge in [-0.2, -0.15) is 0 Å². The third-order valence-electron chi connectivity index (χ3n) is 6.06. The molecule has 33 heavy (non-hydrogen) atoms. The van der Waals surface area contributed by atoms with E-state index in [9.17, 15) is 19.8 Å². The summed E-state index contributed by atoms with van der Waals surface area (Å²) >= 11 is 0. The molecular formula is C27H33NO5. The first-order valence-electron chi connectivity index (χ1n) is 11.7. The van der Waals surface area contributed by atoms with Crippen LogP contribution in [0.2, 0.25) is 0 Å². The van der Waals surface area contributed by atoms with Gasteiger partial charge >= 0.3 is 5.97 Å². The van der Waals surface area contributed by atoms with Crippen LogP contribution in [0.3, 0.4) is 0 Å². The SMILES string of the molecule is O=C(O)CCCCCCN1C(=O)CC[C@@H]1/C=C/[C@@H](O)Cc1cccc(-c2ccccc2O)c1. The minimum Gasteiger partial charge on any atom is -0.507 e. The van der Waals surface area contributed by atoms with E-state index in [-0.39, 0.29) is 24.1 Å². The highest BCUT2D eigenvalue weighted by Crippen LogP contribution is 2.29. The average molecular weight is 452 g/mol. The Labute approximate surface area is 195 Å². The molecule has 0 bridgehead atoms. The van der Waals surface area contributed by atoms with Gasteiger partial charge in [-0.25, -0.2) is 0 Å². The first-order valence-corrected chi connectivity index (χ1v) is 11.7. The molecule has 1 fully saturated rings. The fourth-order valence-electron chi connectivity index (χ4n) is 4.31. The topological polar surface area (TPSA) is 98.1 Å². The quantitative estimate of drug-likeness (QED) is 0.325. The number of aromatic hydroxyl groups is 1. The van der Waals surface area contributed by atoms with Crippen LogP contribution in [0.1, 0.15) is 50.5 Å². The van der Waals surface area contributed by atoms with Gasteiger partial charge in [-0.05, 0) is 36.5 Å². The predicted octanol–water partition coefficient (Wildman–Crippen LogP) is 4.54. The second-order valence-electron chi connectivity index (χ2n) is 8.63. The van der Waals surface area contributed by atoms with Gasteiger partial charge in [0.2, 0.25) is 5.91 Å². The number of likely N-dealkylation sites (tertiary alicyclic amines) is 1. The highest BCUT2D eigenvalue weighted by molar-refractivity contribution is 5.79. The minimum absolute atomic E-state index is 0.00114. The number of carbonyl (C=O) groups is 2. The standard InChI is InChI=1S/C27H33NO5/c29-23(19-20-8-7-9-21(18-20)24-10-4-5-11-25(24)30)15-13-22-14-16-26(31)28(22)17-6-2-1-3-12-27(32)33/h4-5,7-11,13,15,18,22-23,29-30H,1-3,6,12,14,16-17,19H2,(H,32,33)/b15-13+/t22-,23+/m0/s1. The van der Waals surface area contributed by atoms with Crippen molar-refractivity contribution in [2.24, 2.45) is 0 Å². The van der Waals surface area contributed by atoms with E-state index in [4.69, 9.17) is 5.11 Å². The lowest BCUT2D eigenvalue weighted by atomic mass is 9.99. The van der Waals surface area contributed by atoms with Crippen molar-refractivity contribution in [3.05, 3.63) is 66.2 Å². The van der Waals surface area contributed by atoms with E-state index in [1.54, 1.807) is 18.2 Å². The Kier molecular flexibility index (Phi) is 9.07. The molecule has 0 aromatic heterocycles. The number of aliphatic hydroxyl groups is 1. The number of benzene rings is 2. The molecule has 1 saturated heterocycles. The average Bonchev–Trinajstić information content (AvgIpc) is 3.14. The molecule has 3 N–H and O–H groups in total. The zero-order valence-corrected chi connectivity index (χ0v) is 18.9. The molecule has 1 aliphatic heterocycles. The summed E-state index contributed by atoms with van der Waals surface area (Å²) < 4.78 is 0. The predicted molar refractivity (Wildman–Crippen MR) is 128 cm³/mol. The number of phenols is 1. The monoisotopic (exact) mass is 451 g/mol. The highest BCUT2D eigenvalue weighted by atomic mass is 16.4. The van der Waals surface area contributed by atoms with Gasteiger partial charge in [-0.3, -0.25) is 9.59 Å². The van der Waals surface area contributed by atoms with Crippen LogP contribution in [-0.4, -0.2) is 50.8 Å². The molecule has 2 aromatic carbocycles. The van der Waals surface area contributed by atoms with E-state index in [1.807, 2.05) is 47.4 Å². The summed E-state index contributed by atoms with van der Waals surface area (Å²) in [4.78, 5) is 24.7. The highest BCUT2D eigenvalue weighted by Gasteiger charge is 2.28. The van der Waals surface area contributed by atoms with Crippen molar-refractivity contribution in [3.8, 4) is 16.9 Å². The lowest BCUT2D eigenvalue weighted by Gasteiger charge is -2.22. The Bertz CT molecular complexity index is 970. The molecule has 0 unspecified atom stereocenters. The number of carboxylic acid groups (broad SMARTS) is 1. The van der Waals surface area contributed by atoms with Crippen molar-refractivity contribution in [1.82, 2.24) is 4.90 Å². The van der Waals surface area contributed by atoms with Crippen LogP contribution in [0, 0.1) is 0 Å². The van der Waals surface area contributed by atoms with Crippen LogP contribution in [0.15, 0.2) is 60.7 Å². The number of unbranched alkanes of at least 4 members (excludes halogenated alkanes) is 3. The van der Waals surface area contributed by atoms with Gasteiger partial charge in [0.15, 0.2) is 0 Å². The smallest absolute Gasteiger partial charge is 0.303 e. The first-order chi connectivity index (χ1) is 15.9. The Hall–Kier alpha value is -3.12. The van der Waals surface area contributed by atoms with Gasteiger partial charge < -0.3 is 20.2 Å². The Morgan fingerprint density at radius 3 is 2.67 bits per heavy atom. The number of rotatable bonds is 12. The molecule has 1 heterocycles. The van der Waals surface area contributed by atoms with E-state index in [2.05, 4.69) is 0 Å². The third-order valence-corrected chi connectivity index (χ3v) is 6.06. The van der Waals surface area contributed by atoms with E-state index in [0.29, 0.717) is 25.8 Å². The van der Waals surface area contributed by atoms with Gasteiger partial charge in [0, 0.05) is 31.4 Å². The normalized spacial score (nSPS) is 17.1. The fraction of sp³-hybridized carbons (Fsp3) is 0.407. The lowest BCUT2D eigenvalue weighted by Crippen LogP contribution is -2.32. The molecule has 2 atom stereocenters. The van der Waals surface area contributed by atoms with Gasteiger partial charge in [0.05, 0.1) is 12.1 Å². The number of nitrogens with zero attached hydrogens (tertiary/aromatic N) is 1. The number of amides is 1. The van der Waals surface area contributed by atoms with Crippen LogP contribution in [-0.2, 0) is 16.0 Å². The number of hydrogen-bond donors (Lipinski definition) is 3. The van der Waals surface area contributed by atoms with Gasteiger partial charge in [0.25, 0.3) is 0 Å². The van der Waals surface area contributed by atoms with Crippen molar-refractivity contribution in [2.75, 3.05) is 6.54 Å². The summed E-state index contributed by atoms with van der Waals surface area (Å²) in [5.74, 6) is -0.401. The number of para-hydroxylation sites is 1. The number of aliphatic hydroxyl groups excluding tert-OH is 1. The summed E-state index contributed by atoms with van der Waals surface area (Å²) in [6, 6.07) is 15.0. The maximum atomic E-state index is 12.3.